The summed E-state index contributed by atoms with van der Waals surface area (Å²) in [4.78, 5) is 4.66. The monoisotopic (exact) mass is 414 g/mol. The van der Waals surface area contributed by atoms with Gasteiger partial charge in [0.2, 0.25) is 0 Å². The molecule has 4 aromatic rings. The van der Waals surface area contributed by atoms with Crippen molar-refractivity contribution in [3.8, 4) is 22.6 Å². The van der Waals surface area contributed by atoms with E-state index in [1.807, 2.05) is 36.4 Å². The van der Waals surface area contributed by atoms with Crippen molar-refractivity contribution in [2.45, 2.75) is 38.8 Å². The van der Waals surface area contributed by atoms with Gasteiger partial charge in [0.15, 0.2) is 5.65 Å². The van der Waals surface area contributed by atoms with Gasteiger partial charge in [-0.25, -0.2) is 4.98 Å². The largest absolute Gasteiger partial charge is 0.457 e. The van der Waals surface area contributed by atoms with Gasteiger partial charge >= 0.3 is 0 Å². The number of hydrogen-bond donors (Lipinski definition) is 3. The van der Waals surface area contributed by atoms with Gasteiger partial charge in [-0.15, -0.1) is 0 Å². The fourth-order valence-electron chi connectivity index (χ4n) is 4.14. The van der Waals surface area contributed by atoms with Crippen LogP contribution >= 0.6 is 0 Å². The number of fused-ring (bicyclic) bond motifs is 2. The molecule has 2 aromatic heterocycles. The van der Waals surface area contributed by atoms with Gasteiger partial charge in [0.1, 0.15) is 11.5 Å². The van der Waals surface area contributed by atoms with Gasteiger partial charge in [0.25, 0.3) is 0 Å². The first-order chi connectivity index (χ1) is 14.9. The number of aliphatic hydroxyl groups excluding tert-OH is 1. The minimum atomic E-state index is -0.625. The standard InChI is InChI=1S/C25H26N4O2/c1-25(2,3)16-7-9-17(10-8-16)31-18-6-4-5-15(11-18)22-19-12-27-29-24(19)28-20-13-26-14-21(30)23(20)22/h4-12,21,26,30H,13-14H2,1-3H3,(H,27,28,29). The lowest BCUT2D eigenvalue weighted by Crippen LogP contribution is -2.29. The molecular weight excluding hydrogens is 388 g/mol. The van der Waals surface area contributed by atoms with E-state index in [0.29, 0.717) is 18.7 Å². The second-order valence-corrected chi connectivity index (χ2v) is 9.03. The number of pyridine rings is 1. The average Bonchev–Trinajstić information content (AvgIpc) is 3.20. The molecule has 1 aliphatic rings. The predicted molar refractivity (Wildman–Crippen MR) is 121 cm³/mol. The second kappa shape index (κ2) is 7.48. The number of hydrogen-bond acceptors (Lipinski definition) is 5. The molecule has 0 saturated heterocycles. The highest BCUT2D eigenvalue weighted by Gasteiger charge is 2.26. The maximum Gasteiger partial charge on any atom is 0.156 e. The van der Waals surface area contributed by atoms with Crippen molar-refractivity contribution in [3.05, 3.63) is 71.5 Å². The van der Waals surface area contributed by atoms with Crippen LogP contribution in [0.4, 0.5) is 0 Å². The number of ether oxygens (including phenoxy) is 1. The topological polar surface area (TPSA) is 83.1 Å². The number of aliphatic hydroxyl groups is 1. The van der Waals surface area contributed by atoms with Crippen molar-refractivity contribution >= 4 is 11.0 Å². The van der Waals surface area contributed by atoms with Crippen LogP contribution in [0.25, 0.3) is 22.2 Å². The summed E-state index contributed by atoms with van der Waals surface area (Å²) < 4.78 is 6.16. The third kappa shape index (κ3) is 3.69. The van der Waals surface area contributed by atoms with Crippen molar-refractivity contribution in [2.75, 3.05) is 6.54 Å². The first-order valence-electron chi connectivity index (χ1n) is 10.5. The third-order valence-electron chi connectivity index (χ3n) is 5.76. The number of nitrogens with zero attached hydrogens (tertiary/aromatic N) is 2. The number of rotatable bonds is 3. The summed E-state index contributed by atoms with van der Waals surface area (Å²) in [6.07, 6.45) is 1.14. The van der Waals surface area contributed by atoms with E-state index >= 15 is 0 Å². The predicted octanol–water partition coefficient (Wildman–Crippen LogP) is 4.85. The van der Waals surface area contributed by atoms with Crippen molar-refractivity contribution in [1.82, 2.24) is 20.5 Å². The molecule has 0 amide bonds. The van der Waals surface area contributed by atoms with Gasteiger partial charge in [-0.2, -0.15) is 5.10 Å². The van der Waals surface area contributed by atoms with Gasteiger partial charge in [0, 0.05) is 29.6 Å². The SMILES string of the molecule is CC(C)(C)c1ccc(Oc2cccc(-c3c4c(nc5[nH]ncc35)CNCC4O)c2)cc1. The number of nitrogens with one attached hydrogen (secondary N) is 2. The van der Waals surface area contributed by atoms with Crippen LogP contribution in [0, 0.1) is 0 Å². The fourth-order valence-corrected chi connectivity index (χ4v) is 4.14. The zero-order valence-electron chi connectivity index (χ0n) is 17.9. The minimum Gasteiger partial charge on any atom is -0.457 e. The molecule has 1 atom stereocenters. The molecule has 0 fully saturated rings. The van der Waals surface area contributed by atoms with Crippen molar-refractivity contribution in [2.24, 2.45) is 0 Å². The quantitative estimate of drug-likeness (QED) is 0.446. The van der Waals surface area contributed by atoms with Gasteiger partial charge < -0.3 is 15.2 Å². The molecule has 3 N–H and O–H groups in total. The molecule has 1 aliphatic heterocycles. The maximum absolute atomic E-state index is 10.7. The Balaban J connectivity index is 1.55. The number of benzene rings is 2. The van der Waals surface area contributed by atoms with Crippen LogP contribution in [0.3, 0.4) is 0 Å². The molecule has 2 aromatic carbocycles. The summed E-state index contributed by atoms with van der Waals surface area (Å²) in [5.41, 5.74) is 5.71. The van der Waals surface area contributed by atoms with E-state index in [2.05, 4.69) is 53.4 Å². The Morgan fingerprint density at radius 2 is 1.87 bits per heavy atom. The van der Waals surface area contributed by atoms with Crippen LogP contribution < -0.4 is 10.1 Å². The second-order valence-electron chi connectivity index (χ2n) is 9.03. The zero-order chi connectivity index (χ0) is 21.6. The van der Waals surface area contributed by atoms with Crippen LogP contribution in [-0.2, 0) is 12.0 Å². The van der Waals surface area contributed by atoms with Crippen molar-refractivity contribution in [3.63, 3.8) is 0 Å². The van der Waals surface area contributed by atoms with Crippen LogP contribution in [0.1, 0.15) is 43.7 Å². The first-order valence-corrected chi connectivity index (χ1v) is 10.5. The highest BCUT2D eigenvalue weighted by atomic mass is 16.5. The molecule has 3 heterocycles. The number of H-pyrrole nitrogens is 1. The smallest absolute Gasteiger partial charge is 0.156 e. The first kappa shape index (κ1) is 19.7. The van der Waals surface area contributed by atoms with E-state index in [0.717, 1.165) is 39.3 Å². The number of β-amino-alcohol motifs (C(OH)–C–C–N with tert-alkyl or cyclic N) is 1. The lowest BCUT2D eigenvalue weighted by molar-refractivity contribution is 0.165. The highest BCUT2D eigenvalue weighted by molar-refractivity contribution is 5.95. The molecule has 0 bridgehead atoms. The Kier molecular flexibility index (Phi) is 4.76. The van der Waals surface area contributed by atoms with Gasteiger partial charge in [-0.1, -0.05) is 45.0 Å². The van der Waals surface area contributed by atoms with E-state index in [-0.39, 0.29) is 5.41 Å². The summed E-state index contributed by atoms with van der Waals surface area (Å²) in [6, 6.07) is 16.2. The van der Waals surface area contributed by atoms with Gasteiger partial charge in [0.05, 0.1) is 18.0 Å². The number of aromatic amines is 1. The van der Waals surface area contributed by atoms with Gasteiger partial charge in [-0.05, 0) is 40.8 Å². The Morgan fingerprint density at radius 1 is 1.06 bits per heavy atom. The van der Waals surface area contributed by atoms with E-state index < -0.39 is 6.10 Å². The zero-order valence-corrected chi connectivity index (χ0v) is 17.9. The van der Waals surface area contributed by atoms with Crippen molar-refractivity contribution in [1.29, 1.82) is 0 Å². The fraction of sp³-hybridized carbons (Fsp3) is 0.280. The summed E-state index contributed by atoms with van der Waals surface area (Å²) in [7, 11) is 0. The summed E-state index contributed by atoms with van der Waals surface area (Å²) in [5, 5.41) is 22.0. The third-order valence-corrected chi connectivity index (χ3v) is 5.76. The molecule has 0 saturated carbocycles. The lowest BCUT2D eigenvalue weighted by atomic mass is 9.87. The van der Waals surface area contributed by atoms with E-state index in [1.54, 1.807) is 6.20 Å². The van der Waals surface area contributed by atoms with Crippen LogP contribution in [-0.4, -0.2) is 26.8 Å². The molecular formula is C25H26N4O2. The molecule has 6 nitrogen and oxygen atoms in total. The van der Waals surface area contributed by atoms with Crippen LogP contribution in [0.5, 0.6) is 11.5 Å². The molecule has 1 unspecified atom stereocenters. The van der Waals surface area contributed by atoms with Gasteiger partial charge in [-0.3, -0.25) is 5.10 Å². The minimum absolute atomic E-state index is 0.102. The summed E-state index contributed by atoms with van der Waals surface area (Å²) in [6.45, 7) is 7.71. The Morgan fingerprint density at radius 3 is 2.65 bits per heavy atom. The molecule has 5 rings (SSSR count). The normalized spacial score (nSPS) is 16.3. The Hall–Kier alpha value is -3.22. The Labute approximate surface area is 181 Å². The average molecular weight is 415 g/mol. The molecule has 6 heteroatoms. The van der Waals surface area contributed by atoms with E-state index in [4.69, 9.17) is 4.74 Å². The number of aromatic nitrogens is 3. The highest BCUT2D eigenvalue weighted by Crippen LogP contribution is 2.39. The van der Waals surface area contributed by atoms with Crippen LogP contribution in [0.2, 0.25) is 0 Å². The molecule has 31 heavy (non-hydrogen) atoms. The summed E-state index contributed by atoms with van der Waals surface area (Å²) >= 11 is 0. The van der Waals surface area contributed by atoms with Crippen LogP contribution in [0.15, 0.2) is 54.7 Å². The lowest BCUT2D eigenvalue weighted by Gasteiger charge is -2.25. The van der Waals surface area contributed by atoms with Crippen molar-refractivity contribution < 1.29 is 9.84 Å². The Bertz CT molecular complexity index is 1240. The molecule has 0 spiro atoms. The summed E-state index contributed by atoms with van der Waals surface area (Å²) in [5.74, 6) is 1.53. The molecule has 0 radical (unpaired) electrons. The maximum atomic E-state index is 10.7. The van der Waals surface area contributed by atoms with E-state index in [1.165, 1.54) is 5.56 Å². The molecule has 158 valence electrons. The molecule has 0 aliphatic carbocycles. The van der Waals surface area contributed by atoms with E-state index in [9.17, 15) is 5.11 Å².